The topological polar surface area (TPSA) is 36.2 Å². The molecular formula is C19H22N2O2. The first kappa shape index (κ1) is 15.4. The minimum Gasteiger partial charge on any atom is -0.458 e. The Morgan fingerprint density at radius 1 is 1.17 bits per heavy atom. The second-order valence-corrected chi connectivity index (χ2v) is 6.26. The Morgan fingerprint density at radius 2 is 1.96 bits per heavy atom. The molecular weight excluding hydrogens is 288 g/mol. The van der Waals surface area contributed by atoms with Crippen LogP contribution in [0.5, 0.6) is 0 Å². The predicted octanol–water partition coefficient (Wildman–Crippen LogP) is 3.90. The third-order valence-corrected chi connectivity index (χ3v) is 3.93. The maximum absolute atomic E-state index is 12.5. The number of aryl methyl sites for hydroxylation is 2. The lowest BCUT2D eigenvalue weighted by molar-refractivity contribution is 0.0366. The van der Waals surface area contributed by atoms with E-state index in [2.05, 4.69) is 25.1 Å². The van der Waals surface area contributed by atoms with E-state index < -0.39 is 0 Å². The molecule has 0 aliphatic rings. The SMILES string of the molecule is Cc1cccc(Cn2c(C(=O)OC(C)C)cc3c2ccn3C)c1. The van der Waals surface area contributed by atoms with E-state index in [1.54, 1.807) is 0 Å². The zero-order valence-corrected chi connectivity index (χ0v) is 14.0. The number of esters is 1. The van der Waals surface area contributed by atoms with Crippen molar-refractivity contribution in [2.75, 3.05) is 0 Å². The lowest BCUT2D eigenvalue weighted by Gasteiger charge is -2.12. The summed E-state index contributed by atoms with van der Waals surface area (Å²) in [5.41, 5.74) is 5.06. The maximum atomic E-state index is 12.5. The van der Waals surface area contributed by atoms with Crippen LogP contribution in [-0.4, -0.2) is 21.2 Å². The summed E-state index contributed by atoms with van der Waals surface area (Å²) in [4.78, 5) is 12.5. The molecule has 3 rings (SSSR count). The Labute approximate surface area is 136 Å². The Hall–Kier alpha value is -2.49. The summed E-state index contributed by atoms with van der Waals surface area (Å²) in [6.07, 6.45) is 1.88. The van der Waals surface area contributed by atoms with Crippen molar-refractivity contribution in [2.45, 2.75) is 33.4 Å². The van der Waals surface area contributed by atoms with Gasteiger partial charge in [-0.1, -0.05) is 29.8 Å². The summed E-state index contributed by atoms with van der Waals surface area (Å²) in [6.45, 7) is 6.46. The molecule has 0 N–H and O–H groups in total. The van der Waals surface area contributed by atoms with E-state index in [-0.39, 0.29) is 12.1 Å². The third kappa shape index (κ3) is 3.02. The molecule has 0 unspecified atom stereocenters. The van der Waals surface area contributed by atoms with Crippen LogP contribution in [0.3, 0.4) is 0 Å². The average molecular weight is 310 g/mol. The fourth-order valence-corrected chi connectivity index (χ4v) is 2.88. The first-order valence-corrected chi connectivity index (χ1v) is 7.87. The van der Waals surface area contributed by atoms with E-state index >= 15 is 0 Å². The summed E-state index contributed by atoms with van der Waals surface area (Å²) in [5.74, 6) is -0.274. The molecule has 0 saturated heterocycles. The molecule has 0 amide bonds. The van der Waals surface area contributed by atoms with Crippen LogP contribution in [0, 0.1) is 6.92 Å². The number of carbonyl (C=O) groups is 1. The van der Waals surface area contributed by atoms with Gasteiger partial charge in [0, 0.05) is 19.8 Å². The van der Waals surface area contributed by atoms with E-state index in [9.17, 15) is 4.79 Å². The fourth-order valence-electron chi connectivity index (χ4n) is 2.88. The van der Waals surface area contributed by atoms with Crippen molar-refractivity contribution in [1.82, 2.24) is 9.13 Å². The molecule has 0 spiro atoms. The quantitative estimate of drug-likeness (QED) is 0.685. The molecule has 2 heterocycles. The van der Waals surface area contributed by atoms with Gasteiger partial charge in [0.15, 0.2) is 0 Å². The number of nitrogens with zero attached hydrogens (tertiary/aromatic N) is 2. The number of ether oxygens (including phenoxy) is 1. The lowest BCUT2D eigenvalue weighted by Crippen LogP contribution is -2.16. The van der Waals surface area contributed by atoms with Crippen molar-refractivity contribution in [3.05, 3.63) is 59.4 Å². The average Bonchev–Trinajstić information content (AvgIpc) is 3.00. The zero-order valence-electron chi connectivity index (χ0n) is 14.0. The van der Waals surface area contributed by atoms with Crippen LogP contribution in [-0.2, 0) is 18.3 Å². The monoisotopic (exact) mass is 310 g/mol. The van der Waals surface area contributed by atoms with Crippen molar-refractivity contribution in [3.8, 4) is 0 Å². The van der Waals surface area contributed by atoms with Crippen LogP contribution in [0.4, 0.5) is 0 Å². The zero-order chi connectivity index (χ0) is 16.6. The van der Waals surface area contributed by atoms with E-state index in [1.807, 2.05) is 54.4 Å². The van der Waals surface area contributed by atoms with Crippen LogP contribution >= 0.6 is 0 Å². The van der Waals surface area contributed by atoms with Crippen molar-refractivity contribution in [2.24, 2.45) is 7.05 Å². The number of aromatic nitrogens is 2. The molecule has 2 aromatic heterocycles. The first-order chi connectivity index (χ1) is 11.0. The summed E-state index contributed by atoms with van der Waals surface area (Å²) in [5, 5.41) is 0. The second kappa shape index (κ2) is 5.95. The number of fused-ring (bicyclic) bond motifs is 1. The van der Waals surface area contributed by atoms with Crippen molar-refractivity contribution >= 4 is 17.0 Å². The molecule has 0 radical (unpaired) electrons. The number of carbonyl (C=O) groups excluding carboxylic acids is 1. The van der Waals surface area contributed by atoms with Gasteiger partial charge in [-0.25, -0.2) is 4.79 Å². The van der Waals surface area contributed by atoms with Crippen LogP contribution in [0.25, 0.3) is 11.0 Å². The maximum Gasteiger partial charge on any atom is 0.355 e. The minimum absolute atomic E-state index is 0.132. The Kier molecular flexibility index (Phi) is 3.99. The summed E-state index contributed by atoms with van der Waals surface area (Å²) < 4.78 is 9.47. The summed E-state index contributed by atoms with van der Waals surface area (Å²) in [7, 11) is 1.98. The molecule has 0 aliphatic heterocycles. The number of hydrogen-bond donors (Lipinski definition) is 0. The van der Waals surface area contributed by atoms with E-state index in [0.29, 0.717) is 12.2 Å². The van der Waals surface area contributed by atoms with Gasteiger partial charge in [-0.05, 0) is 38.5 Å². The largest absolute Gasteiger partial charge is 0.458 e. The first-order valence-electron chi connectivity index (χ1n) is 7.87. The smallest absolute Gasteiger partial charge is 0.355 e. The van der Waals surface area contributed by atoms with Gasteiger partial charge in [0.1, 0.15) is 5.69 Å². The van der Waals surface area contributed by atoms with Crippen LogP contribution in [0.2, 0.25) is 0 Å². The van der Waals surface area contributed by atoms with Crippen LogP contribution in [0.15, 0.2) is 42.6 Å². The van der Waals surface area contributed by atoms with Gasteiger partial charge in [-0.15, -0.1) is 0 Å². The standard InChI is InChI=1S/C19H22N2O2/c1-13(2)23-19(22)18-11-17-16(8-9-20(17)4)21(18)12-15-7-5-6-14(3)10-15/h5-11,13H,12H2,1-4H3. The van der Waals surface area contributed by atoms with Gasteiger partial charge in [-0.2, -0.15) is 0 Å². The van der Waals surface area contributed by atoms with Crippen LogP contribution < -0.4 is 0 Å². The molecule has 23 heavy (non-hydrogen) atoms. The Bertz CT molecular complexity index is 856. The molecule has 1 aromatic carbocycles. The number of hydrogen-bond acceptors (Lipinski definition) is 2. The van der Waals surface area contributed by atoms with Gasteiger partial charge >= 0.3 is 5.97 Å². The lowest BCUT2D eigenvalue weighted by atomic mass is 10.1. The molecule has 4 heteroatoms. The second-order valence-electron chi connectivity index (χ2n) is 6.26. The van der Waals surface area contributed by atoms with Gasteiger partial charge in [0.2, 0.25) is 0 Å². The number of benzene rings is 1. The van der Waals surface area contributed by atoms with Crippen molar-refractivity contribution in [3.63, 3.8) is 0 Å². The van der Waals surface area contributed by atoms with Gasteiger partial charge < -0.3 is 13.9 Å². The van der Waals surface area contributed by atoms with E-state index in [4.69, 9.17) is 4.74 Å². The molecule has 4 nitrogen and oxygen atoms in total. The molecule has 0 saturated carbocycles. The molecule has 120 valence electrons. The Balaban J connectivity index is 2.07. The predicted molar refractivity (Wildman–Crippen MR) is 91.7 cm³/mol. The normalized spacial score (nSPS) is 11.3. The highest BCUT2D eigenvalue weighted by Gasteiger charge is 2.19. The molecule has 0 atom stereocenters. The van der Waals surface area contributed by atoms with Crippen molar-refractivity contribution < 1.29 is 9.53 Å². The highest BCUT2D eigenvalue weighted by molar-refractivity contribution is 5.95. The van der Waals surface area contributed by atoms with Gasteiger partial charge in [-0.3, -0.25) is 0 Å². The van der Waals surface area contributed by atoms with Crippen molar-refractivity contribution in [1.29, 1.82) is 0 Å². The highest BCUT2D eigenvalue weighted by Crippen LogP contribution is 2.23. The highest BCUT2D eigenvalue weighted by atomic mass is 16.5. The van der Waals surface area contributed by atoms with Gasteiger partial charge in [0.05, 0.1) is 17.1 Å². The summed E-state index contributed by atoms with van der Waals surface area (Å²) >= 11 is 0. The molecule has 0 aliphatic carbocycles. The van der Waals surface area contributed by atoms with Crippen LogP contribution in [0.1, 0.15) is 35.5 Å². The number of rotatable bonds is 4. The van der Waals surface area contributed by atoms with E-state index in [0.717, 1.165) is 11.0 Å². The summed E-state index contributed by atoms with van der Waals surface area (Å²) in [6, 6.07) is 12.3. The van der Waals surface area contributed by atoms with Gasteiger partial charge in [0.25, 0.3) is 0 Å². The molecule has 0 fully saturated rings. The molecule has 0 bridgehead atoms. The fraction of sp³-hybridized carbons (Fsp3) is 0.316. The third-order valence-electron chi connectivity index (χ3n) is 3.93. The van der Waals surface area contributed by atoms with E-state index in [1.165, 1.54) is 11.1 Å². The Morgan fingerprint density at radius 3 is 2.65 bits per heavy atom. The minimum atomic E-state index is -0.274. The molecule has 3 aromatic rings.